The quantitative estimate of drug-likeness (QED) is 0.719. The van der Waals surface area contributed by atoms with Gasteiger partial charge in [0.15, 0.2) is 0 Å². The summed E-state index contributed by atoms with van der Waals surface area (Å²) in [5.41, 5.74) is -0.731. The number of aromatic nitrogens is 1. The van der Waals surface area contributed by atoms with E-state index >= 15 is 0 Å². The van der Waals surface area contributed by atoms with Crippen LogP contribution >= 0.6 is 0 Å². The minimum Gasteiger partial charge on any atom is -0.389 e. The number of alkyl halides is 3. The molecule has 2 saturated heterocycles. The van der Waals surface area contributed by atoms with Gasteiger partial charge in [0, 0.05) is 38.4 Å². The van der Waals surface area contributed by atoms with E-state index in [1.165, 1.54) is 12.3 Å². The van der Waals surface area contributed by atoms with Gasteiger partial charge in [0.05, 0.1) is 17.8 Å². The van der Waals surface area contributed by atoms with Crippen molar-refractivity contribution in [2.45, 2.75) is 50.3 Å². The molecule has 152 valence electrons. The Morgan fingerprint density at radius 1 is 1.19 bits per heavy atom. The van der Waals surface area contributed by atoms with Crippen LogP contribution in [0.2, 0.25) is 0 Å². The van der Waals surface area contributed by atoms with Crippen molar-refractivity contribution in [2.75, 3.05) is 31.1 Å². The van der Waals surface area contributed by atoms with Crippen LogP contribution in [0.3, 0.4) is 0 Å². The Balaban J connectivity index is 1.71. The van der Waals surface area contributed by atoms with E-state index < -0.39 is 30.1 Å². The van der Waals surface area contributed by atoms with Crippen molar-refractivity contribution in [2.24, 2.45) is 5.92 Å². The van der Waals surface area contributed by atoms with Crippen molar-refractivity contribution in [3.63, 3.8) is 0 Å². The SMILES string of the molecule is C[C@@H]1[C@@H](O)[C@H](O)[C@@H](O)CN1C[C@H]1CCCN(c2ncccc2C(F)(F)F)C1. The summed E-state index contributed by atoms with van der Waals surface area (Å²) in [5.74, 6) is 0.0378. The Hall–Kier alpha value is -1.42. The van der Waals surface area contributed by atoms with E-state index in [0.29, 0.717) is 19.6 Å². The van der Waals surface area contributed by atoms with Gasteiger partial charge in [-0.1, -0.05) is 0 Å². The Morgan fingerprint density at radius 2 is 1.93 bits per heavy atom. The summed E-state index contributed by atoms with van der Waals surface area (Å²) in [6.07, 6.45) is -4.76. The number of hydrogen-bond acceptors (Lipinski definition) is 6. The first kappa shape index (κ1) is 20.3. The molecule has 2 aliphatic heterocycles. The number of nitrogens with zero attached hydrogens (tertiary/aromatic N) is 3. The van der Waals surface area contributed by atoms with Crippen LogP contribution in [0.5, 0.6) is 0 Å². The summed E-state index contributed by atoms with van der Waals surface area (Å²) in [6, 6.07) is 2.00. The molecule has 27 heavy (non-hydrogen) atoms. The maximum Gasteiger partial charge on any atom is 0.419 e. The molecule has 0 bridgehead atoms. The van der Waals surface area contributed by atoms with Crippen molar-refractivity contribution in [1.29, 1.82) is 0 Å². The molecular formula is C18H26F3N3O3. The number of hydrogen-bond donors (Lipinski definition) is 3. The molecule has 0 aromatic carbocycles. The summed E-state index contributed by atoms with van der Waals surface area (Å²) in [7, 11) is 0. The smallest absolute Gasteiger partial charge is 0.389 e. The van der Waals surface area contributed by atoms with E-state index in [4.69, 9.17) is 0 Å². The number of piperidine rings is 2. The molecule has 0 saturated carbocycles. The van der Waals surface area contributed by atoms with E-state index in [2.05, 4.69) is 4.98 Å². The van der Waals surface area contributed by atoms with Crippen LogP contribution in [0.15, 0.2) is 18.3 Å². The standard InChI is InChI=1S/C18H26F3N3O3/c1-11-15(26)16(27)14(25)10-24(11)9-12-4-3-7-23(8-12)17-13(18(19,20)21)5-2-6-22-17/h2,5-6,11-12,14-16,25-27H,3-4,7-10H2,1H3/t11-,12+,14+,15-,16-/m1/s1. The molecule has 3 rings (SSSR count). The topological polar surface area (TPSA) is 80.1 Å². The van der Waals surface area contributed by atoms with Gasteiger partial charge in [-0.3, -0.25) is 4.90 Å². The minimum atomic E-state index is -4.46. The molecule has 0 unspecified atom stereocenters. The predicted octanol–water partition coefficient (Wildman–Crippen LogP) is 1.10. The molecule has 3 heterocycles. The second-order valence-electron chi connectivity index (χ2n) is 7.57. The Kier molecular flexibility index (Phi) is 5.95. The maximum atomic E-state index is 13.3. The lowest BCUT2D eigenvalue weighted by Crippen LogP contribution is -2.61. The summed E-state index contributed by atoms with van der Waals surface area (Å²) in [5, 5.41) is 29.8. The monoisotopic (exact) mass is 389 g/mol. The van der Waals surface area contributed by atoms with Gasteiger partial charge in [-0.15, -0.1) is 0 Å². The van der Waals surface area contributed by atoms with Crippen LogP contribution in [0.1, 0.15) is 25.3 Å². The van der Waals surface area contributed by atoms with Crippen LogP contribution in [-0.2, 0) is 6.18 Å². The van der Waals surface area contributed by atoms with Gasteiger partial charge in [-0.2, -0.15) is 13.2 Å². The number of likely N-dealkylation sites (tertiary alicyclic amines) is 1. The van der Waals surface area contributed by atoms with E-state index in [0.717, 1.165) is 18.9 Å². The van der Waals surface area contributed by atoms with Crippen molar-refractivity contribution in [1.82, 2.24) is 9.88 Å². The third kappa shape index (κ3) is 4.37. The van der Waals surface area contributed by atoms with Gasteiger partial charge < -0.3 is 20.2 Å². The molecule has 3 N–H and O–H groups in total. The van der Waals surface area contributed by atoms with E-state index in [-0.39, 0.29) is 24.3 Å². The zero-order chi connectivity index (χ0) is 19.8. The van der Waals surface area contributed by atoms with Gasteiger partial charge in [0.25, 0.3) is 0 Å². The normalized spacial score (nSPS) is 33.3. The Labute approximate surface area is 156 Å². The molecule has 0 spiro atoms. The lowest BCUT2D eigenvalue weighted by molar-refractivity contribution is -0.137. The molecule has 2 fully saturated rings. The van der Waals surface area contributed by atoms with Gasteiger partial charge in [0.1, 0.15) is 11.9 Å². The van der Waals surface area contributed by atoms with Gasteiger partial charge in [-0.05, 0) is 37.8 Å². The van der Waals surface area contributed by atoms with Gasteiger partial charge in [0.2, 0.25) is 0 Å². The van der Waals surface area contributed by atoms with Crippen LogP contribution < -0.4 is 4.90 Å². The molecule has 1 aromatic heterocycles. The van der Waals surface area contributed by atoms with Crippen LogP contribution in [-0.4, -0.2) is 75.7 Å². The lowest BCUT2D eigenvalue weighted by atomic mass is 9.91. The number of anilines is 1. The van der Waals surface area contributed by atoms with Crippen LogP contribution in [0.4, 0.5) is 19.0 Å². The molecule has 2 aliphatic rings. The summed E-state index contributed by atoms with van der Waals surface area (Å²) in [6.45, 7) is 3.48. The maximum absolute atomic E-state index is 13.3. The van der Waals surface area contributed by atoms with Crippen molar-refractivity contribution in [3.8, 4) is 0 Å². The molecule has 0 aliphatic carbocycles. The Bertz CT molecular complexity index is 646. The van der Waals surface area contributed by atoms with E-state index in [9.17, 15) is 28.5 Å². The number of aliphatic hydroxyl groups is 3. The number of aliphatic hydroxyl groups excluding tert-OH is 3. The van der Waals surface area contributed by atoms with Crippen molar-refractivity contribution in [3.05, 3.63) is 23.9 Å². The number of rotatable bonds is 3. The number of halogens is 3. The summed E-state index contributed by atoms with van der Waals surface area (Å²) < 4.78 is 39.9. The zero-order valence-corrected chi connectivity index (χ0v) is 15.2. The number of β-amino-alcohol motifs (C(OH)–C–C–N with tert-alkyl or cyclic N) is 1. The third-order valence-electron chi connectivity index (χ3n) is 5.64. The lowest BCUT2D eigenvalue weighted by Gasteiger charge is -2.45. The highest BCUT2D eigenvalue weighted by molar-refractivity contribution is 5.48. The Morgan fingerprint density at radius 3 is 2.63 bits per heavy atom. The van der Waals surface area contributed by atoms with Gasteiger partial charge >= 0.3 is 6.18 Å². The first-order chi connectivity index (χ1) is 12.7. The second-order valence-corrected chi connectivity index (χ2v) is 7.57. The highest BCUT2D eigenvalue weighted by Crippen LogP contribution is 2.36. The van der Waals surface area contributed by atoms with Crippen molar-refractivity contribution >= 4 is 5.82 Å². The first-order valence-corrected chi connectivity index (χ1v) is 9.24. The first-order valence-electron chi connectivity index (χ1n) is 9.24. The molecule has 0 radical (unpaired) electrons. The fraction of sp³-hybridized carbons (Fsp3) is 0.722. The second kappa shape index (κ2) is 7.90. The third-order valence-corrected chi connectivity index (χ3v) is 5.64. The molecule has 6 nitrogen and oxygen atoms in total. The molecule has 0 amide bonds. The predicted molar refractivity (Wildman–Crippen MR) is 93.2 cm³/mol. The average Bonchev–Trinajstić information content (AvgIpc) is 2.64. The highest BCUT2D eigenvalue weighted by atomic mass is 19.4. The largest absolute Gasteiger partial charge is 0.419 e. The molecule has 5 atom stereocenters. The highest BCUT2D eigenvalue weighted by Gasteiger charge is 2.40. The summed E-state index contributed by atoms with van der Waals surface area (Å²) in [4.78, 5) is 7.55. The summed E-state index contributed by atoms with van der Waals surface area (Å²) >= 11 is 0. The van der Waals surface area contributed by atoms with Gasteiger partial charge in [-0.25, -0.2) is 4.98 Å². The van der Waals surface area contributed by atoms with Crippen LogP contribution in [0.25, 0.3) is 0 Å². The van der Waals surface area contributed by atoms with Crippen LogP contribution in [0, 0.1) is 5.92 Å². The average molecular weight is 389 g/mol. The molecular weight excluding hydrogens is 363 g/mol. The van der Waals surface area contributed by atoms with Crippen molar-refractivity contribution < 1.29 is 28.5 Å². The number of pyridine rings is 1. The fourth-order valence-corrected chi connectivity index (χ4v) is 4.09. The van der Waals surface area contributed by atoms with E-state index in [1.54, 1.807) is 11.8 Å². The zero-order valence-electron chi connectivity index (χ0n) is 15.2. The molecule has 9 heteroatoms. The van der Waals surface area contributed by atoms with E-state index in [1.807, 2.05) is 4.90 Å². The molecule has 1 aromatic rings. The minimum absolute atomic E-state index is 0.0446. The fourth-order valence-electron chi connectivity index (χ4n) is 4.09.